The van der Waals surface area contributed by atoms with E-state index in [-0.39, 0.29) is 35.1 Å². The van der Waals surface area contributed by atoms with E-state index in [9.17, 15) is 14.4 Å². The first-order valence-corrected chi connectivity index (χ1v) is 11.6. The Bertz CT molecular complexity index is 837. The largest absolute Gasteiger partial charge is 0.342 e. The van der Waals surface area contributed by atoms with E-state index in [2.05, 4.69) is 4.98 Å². The molecule has 1 N–H and O–H groups in total. The maximum Gasteiger partial charge on any atom is 0.251 e. The molecule has 1 aromatic rings. The summed E-state index contributed by atoms with van der Waals surface area (Å²) in [4.78, 5) is 49.0. The molecular weight excluding hydrogens is 380 g/mol. The zero-order chi connectivity index (χ0) is 21.3. The minimum absolute atomic E-state index is 0.0136. The minimum Gasteiger partial charge on any atom is -0.342 e. The summed E-state index contributed by atoms with van der Waals surface area (Å²) in [5, 5.41) is 0. The second kappa shape index (κ2) is 8.90. The van der Waals surface area contributed by atoms with Crippen molar-refractivity contribution in [2.75, 3.05) is 26.2 Å². The fourth-order valence-corrected chi connectivity index (χ4v) is 4.97. The first-order valence-electron chi connectivity index (χ1n) is 11.6. The first-order chi connectivity index (χ1) is 14.4. The van der Waals surface area contributed by atoms with E-state index in [1.807, 2.05) is 23.6 Å². The Labute approximate surface area is 178 Å². The highest BCUT2D eigenvalue weighted by atomic mass is 16.2. The maximum absolute atomic E-state index is 12.7. The Morgan fingerprint density at radius 2 is 1.73 bits per heavy atom. The van der Waals surface area contributed by atoms with Gasteiger partial charge in [-0.1, -0.05) is 20.3 Å². The van der Waals surface area contributed by atoms with Crippen LogP contribution in [0.1, 0.15) is 82.1 Å². The number of hydrogen-bond acceptors (Lipinski definition) is 4. The normalized spacial score (nSPS) is 23.5. The molecule has 1 unspecified atom stereocenters. The molecule has 0 aromatic carbocycles. The van der Waals surface area contributed by atoms with Gasteiger partial charge in [-0.2, -0.15) is 0 Å². The average Bonchev–Trinajstić information content (AvgIpc) is 2.71. The van der Waals surface area contributed by atoms with Gasteiger partial charge in [0.1, 0.15) is 5.82 Å². The van der Waals surface area contributed by atoms with Gasteiger partial charge in [0.05, 0.1) is 5.69 Å². The van der Waals surface area contributed by atoms with Crippen LogP contribution in [0, 0.1) is 11.8 Å². The predicted molar refractivity (Wildman–Crippen MR) is 114 cm³/mol. The van der Waals surface area contributed by atoms with Crippen LogP contribution in [-0.4, -0.2) is 57.8 Å². The quantitative estimate of drug-likeness (QED) is 0.821. The summed E-state index contributed by atoms with van der Waals surface area (Å²) in [6, 6.07) is 1.61. The van der Waals surface area contributed by atoms with Crippen LogP contribution in [-0.2, 0) is 9.59 Å². The molecule has 2 aliphatic heterocycles. The Hall–Kier alpha value is -2.18. The van der Waals surface area contributed by atoms with Crippen LogP contribution in [0.25, 0.3) is 0 Å². The Morgan fingerprint density at radius 1 is 1.00 bits per heavy atom. The van der Waals surface area contributed by atoms with Crippen LogP contribution < -0.4 is 5.56 Å². The molecule has 0 radical (unpaired) electrons. The van der Waals surface area contributed by atoms with Gasteiger partial charge in [-0.25, -0.2) is 4.98 Å². The standard InChI is InChI=1S/C23H34N4O3/c1-15(2)22(29)26-11-8-16(9-12-26)21-24-19(13-20(28)25-21)18-7-4-10-27(14-18)23(30)17-5-3-6-17/h13,15-18H,3-12,14H2,1-2H3,(H,24,25,28). The molecule has 7 nitrogen and oxygen atoms in total. The molecule has 1 aliphatic carbocycles. The molecule has 2 saturated heterocycles. The summed E-state index contributed by atoms with van der Waals surface area (Å²) in [5.41, 5.74) is 0.707. The highest BCUT2D eigenvalue weighted by Gasteiger charge is 2.33. The molecule has 1 atom stereocenters. The number of hydrogen-bond donors (Lipinski definition) is 1. The second-order valence-corrected chi connectivity index (χ2v) is 9.56. The van der Waals surface area contributed by atoms with E-state index in [0.29, 0.717) is 25.5 Å². The number of amides is 2. The molecule has 0 bridgehead atoms. The van der Waals surface area contributed by atoms with Gasteiger partial charge >= 0.3 is 0 Å². The van der Waals surface area contributed by atoms with Gasteiger partial charge in [0.2, 0.25) is 11.8 Å². The lowest BCUT2D eigenvalue weighted by Crippen LogP contribution is -2.44. The lowest BCUT2D eigenvalue weighted by atomic mass is 9.83. The molecule has 2 amide bonds. The molecule has 3 aliphatic rings. The smallest absolute Gasteiger partial charge is 0.251 e. The molecular formula is C23H34N4O3. The third kappa shape index (κ3) is 4.44. The molecule has 4 rings (SSSR count). The van der Waals surface area contributed by atoms with Gasteiger partial charge in [0, 0.05) is 55.9 Å². The Morgan fingerprint density at radius 3 is 2.37 bits per heavy atom. The third-order valence-corrected chi connectivity index (χ3v) is 7.07. The summed E-state index contributed by atoms with van der Waals surface area (Å²) in [5.74, 6) is 1.76. The van der Waals surface area contributed by atoms with Gasteiger partial charge in [0.15, 0.2) is 0 Å². The van der Waals surface area contributed by atoms with Crippen LogP contribution in [0.2, 0.25) is 0 Å². The molecule has 1 aromatic heterocycles. The minimum atomic E-state index is -0.113. The lowest BCUT2D eigenvalue weighted by molar-refractivity contribution is -0.139. The van der Waals surface area contributed by atoms with E-state index < -0.39 is 0 Å². The van der Waals surface area contributed by atoms with E-state index in [4.69, 9.17) is 4.98 Å². The fraction of sp³-hybridized carbons (Fsp3) is 0.739. The van der Waals surface area contributed by atoms with Crippen LogP contribution in [0.3, 0.4) is 0 Å². The average molecular weight is 415 g/mol. The van der Waals surface area contributed by atoms with Crippen molar-refractivity contribution in [3.63, 3.8) is 0 Å². The van der Waals surface area contributed by atoms with Crippen molar-refractivity contribution in [1.82, 2.24) is 19.8 Å². The maximum atomic E-state index is 12.7. The van der Waals surface area contributed by atoms with E-state index in [0.717, 1.165) is 63.0 Å². The molecule has 30 heavy (non-hydrogen) atoms. The van der Waals surface area contributed by atoms with Gasteiger partial charge < -0.3 is 14.8 Å². The molecule has 3 heterocycles. The van der Waals surface area contributed by atoms with Crippen LogP contribution in [0.15, 0.2) is 10.9 Å². The number of nitrogens with one attached hydrogen (secondary N) is 1. The van der Waals surface area contributed by atoms with Crippen molar-refractivity contribution < 1.29 is 9.59 Å². The molecule has 1 saturated carbocycles. The third-order valence-electron chi connectivity index (χ3n) is 7.07. The monoisotopic (exact) mass is 414 g/mol. The number of nitrogens with zero attached hydrogens (tertiary/aromatic N) is 3. The number of aromatic nitrogens is 2. The molecule has 0 spiro atoms. The van der Waals surface area contributed by atoms with Crippen molar-refractivity contribution >= 4 is 11.8 Å². The Balaban J connectivity index is 1.44. The molecule has 164 valence electrons. The van der Waals surface area contributed by atoms with Crippen molar-refractivity contribution in [2.24, 2.45) is 11.8 Å². The van der Waals surface area contributed by atoms with Gasteiger partial charge in [0.25, 0.3) is 5.56 Å². The van der Waals surface area contributed by atoms with E-state index in [1.165, 1.54) is 0 Å². The fourth-order valence-electron chi connectivity index (χ4n) is 4.97. The number of carbonyl (C=O) groups excluding carboxylic acids is 2. The summed E-state index contributed by atoms with van der Waals surface area (Å²) in [6.07, 6.45) is 6.77. The summed E-state index contributed by atoms with van der Waals surface area (Å²) in [6.45, 7) is 6.78. The van der Waals surface area contributed by atoms with Crippen molar-refractivity contribution in [2.45, 2.75) is 70.6 Å². The van der Waals surface area contributed by atoms with Crippen molar-refractivity contribution in [3.8, 4) is 0 Å². The highest BCUT2D eigenvalue weighted by Crippen LogP contribution is 2.33. The lowest BCUT2D eigenvalue weighted by Gasteiger charge is -2.37. The number of aromatic amines is 1. The topological polar surface area (TPSA) is 86.4 Å². The summed E-state index contributed by atoms with van der Waals surface area (Å²) in [7, 11) is 0. The summed E-state index contributed by atoms with van der Waals surface area (Å²) < 4.78 is 0. The van der Waals surface area contributed by atoms with Crippen molar-refractivity contribution in [3.05, 3.63) is 27.9 Å². The Kier molecular flexibility index (Phi) is 6.25. The SMILES string of the molecule is CC(C)C(=O)N1CCC(c2nc(C3CCCN(C(=O)C4CCC4)C3)cc(=O)[nH]2)CC1. The van der Waals surface area contributed by atoms with Crippen molar-refractivity contribution in [1.29, 1.82) is 0 Å². The summed E-state index contributed by atoms with van der Waals surface area (Å²) >= 11 is 0. The number of rotatable bonds is 4. The van der Waals surface area contributed by atoms with Gasteiger partial charge in [-0.3, -0.25) is 14.4 Å². The van der Waals surface area contributed by atoms with E-state index in [1.54, 1.807) is 6.07 Å². The number of carbonyl (C=O) groups is 2. The van der Waals surface area contributed by atoms with Crippen LogP contribution >= 0.6 is 0 Å². The second-order valence-electron chi connectivity index (χ2n) is 9.56. The number of piperidine rings is 2. The molecule has 3 fully saturated rings. The van der Waals surface area contributed by atoms with Crippen LogP contribution in [0.4, 0.5) is 0 Å². The molecule has 7 heteroatoms. The number of likely N-dealkylation sites (tertiary alicyclic amines) is 2. The van der Waals surface area contributed by atoms with Gasteiger partial charge in [-0.05, 0) is 38.5 Å². The highest BCUT2D eigenvalue weighted by molar-refractivity contribution is 5.79. The zero-order valence-corrected chi connectivity index (χ0v) is 18.2. The van der Waals surface area contributed by atoms with Gasteiger partial charge in [-0.15, -0.1) is 0 Å². The first kappa shape index (κ1) is 21.1. The number of H-pyrrole nitrogens is 1. The predicted octanol–water partition coefficient (Wildman–Crippen LogP) is 2.64. The zero-order valence-electron chi connectivity index (χ0n) is 18.2. The van der Waals surface area contributed by atoms with E-state index >= 15 is 0 Å². The van der Waals surface area contributed by atoms with Crippen LogP contribution in [0.5, 0.6) is 0 Å².